The predicted molar refractivity (Wildman–Crippen MR) is 56.7 cm³/mol. The lowest BCUT2D eigenvalue weighted by atomic mass is 10.2. The number of carboxylic acid groups (broad SMARTS) is 1. The van der Waals surface area contributed by atoms with Crippen LogP contribution in [0.2, 0.25) is 0 Å². The maximum Gasteiger partial charge on any atom is 0.328 e. The molecule has 0 radical (unpaired) electrons. The lowest BCUT2D eigenvalue weighted by Gasteiger charge is -2.11. The van der Waals surface area contributed by atoms with Crippen molar-refractivity contribution in [2.45, 2.75) is 19.4 Å². The van der Waals surface area contributed by atoms with Crippen molar-refractivity contribution >= 4 is 16.9 Å². The van der Waals surface area contributed by atoms with Crippen molar-refractivity contribution < 1.29 is 9.90 Å². The number of hydrogen-bond acceptors (Lipinski definition) is 2. The Labute approximate surface area is 87.1 Å². The lowest BCUT2D eigenvalue weighted by Crippen LogP contribution is -2.19. The minimum Gasteiger partial charge on any atom is -0.480 e. The second-order valence-electron chi connectivity index (χ2n) is 3.41. The third-order valence-corrected chi connectivity index (χ3v) is 2.47. The highest BCUT2D eigenvalue weighted by molar-refractivity contribution is 5.81. The Hall–Kier alpha value is -1.84. The third-order valence-electron chi connectivity index (χ3n) is 2.47. The summed E-state index contributed by atoms with van der Waals surface area (Å²) < 4.78 is 1.57. The molecule has 0 unspecified atom stereocenters. The summed E-state index contributed by atoms with van der Waals surface area (Å²) in [5.74, 6) is -0.841. The molecule has 1 aromatic carbocycles. The molecular formula is C11H12N2O2. The number of hydrogen-bond donors (Lipinski definition) is 1. The standard InChI is InChI=1S/C11H12N2O2/c1-2-9(11(14)15)13-10-6-4-3-5-8(10)7-12-13/h3-7,9H,2H2,1H3,(H,14,15)/t9-/m1/s1. The fourth-order valence-corrected chi connectivity index (χ4v) is 1.69. The average Bonchev–Trinajstić information content (AvgIpc) is 2.63. The molecule has 0 aliphatic carbocycles. The van der Waals surface area contributed by atoms with Gasteiger partial charge in [0.05, 0.1) is 11.7 Å². The van der Waals surface area contributed by atoms with Crippen LogP contribution in [-0.2, 0) is 4.79 Å². The Morgan fingerprint density at radius 1 is 1.53 bits per heavy atom. The van der Waals surface area contributed by atoms with Gasteiger partial charge in [-0.15, -0.1) is 0 Å². The van der Waals surface area contributed by atoms with E-state index in [0.717, 1.165) is 10.9 Å². The van der Waals surface area contributed by atoms with Gasteiger partial charge in [-0.2, -0.15) is 5.10 Å². The van der Waals surface area contributed by atoms with E-state index in [0.29, 0.717) is 6.42 Å². The summed E-state index contributed by atoms with van der Waals surface area (Å²) in [6, 6.07) is 7.02. The highest BCUT2D eigenvalue weighted by Gasteiger charge is 2.19. The first kappa shape index (κ1) is 9.71. The summed E-state index contributed by atoms with van der Waals surface area (Å²) in [4.78, 5) is 11.0. The summed E-state index contributed by atoms with van der Waals surface area (Å²) in [5, 5.41) is 14.1. The molecule has 0 amide bonds. The first-order chi connectivity index (χ1) is 7.24. The van der Waals surface area contributed by atoms with Crippen LogP contribution in [0.3, 0.4) is 0 Å². The number of aromatic nitrogens is 2. The quantitative estimate of drug-likeness (QED) is 0.832. The molecule has 0 spiro atoms. The van der Waals surface area contributed by atoms with Gasteiger partial charge >= 0.3 is 5.97 Å². The van der Waals surface area contributed by atoms with Crippen LogP contribution in [0.5, 0.6) is 0 Å². The molecule has 1 atom stereocenters. The van der Waals surface area contributed by atoms with Crippen LogP contribution in [0, 0.1) is 0 Å². The Bertz CT molecular complexity index is 490. The van der Waals surface area contributed by atoms with E-state index in [1.807, 2.05) is 31.2 Å². The van der Waals surface area contributed by atoms with Gasteiger partial charge in [-0.3, -0.25) is 4.68 Å². The summed E-state index contributed by atoms with van der Waals surface area (Å²) in [5.41, 5.74) is 0.867. The Morgan fingerprint density at radius 3 is 2.93 bits per heavy atom. The van der Waals surface area contributed by atoms with Crippen LogP contribution < -0.4 is 0 Å². The molecule has 4 heteroatoms. The summed E-state index contributed by atoms with van der Waals surface area (Å²) in [6.07, 6.45) is 2.22. The minimum absolute atomic E-state index is 0.529. The first-order valence-corrected chi connectivity index (χ1v) is 4.89. The molecule has 4 nitrogen and oxygen atoms in total. The number of fused-ring (bicyclic) bond motifs is 1. The van der Waals surface area contributed by atoms with E-state index in [1.54, 1.807) is 10.9 Å². The van der Waals surface area contributed by atoms with Gasteiger partial charge in [0.2, 0.25) is 0 Å². The molecule has 78 valence electrons. The van der Waals surface area contributed by atoms with E-state index in [2.05, 4.69) is 5.10 Å². The molecular weight excluding hydrogens is 192 g/mol. The number of nitrogens with zero attached hydrogens (tertiary/aromatic N) is 2. The molecule has 15 heavy (non-hydrogen) atoms. The molecule has 0 aliphatic rings. The van der Waals surface area contributed by atoms with Gasteiger partial charge in [0.15, 0.2) is 0 Å². The summed E-state index contributed by atoms with van der Waals surface area (Å²) >= 11 is 0. The van der Waals surface area contributed by atoms with Crippen molar-refractivity contribution in [2.75, 3.05) is 0 Å². The van der Waals surface area contributed by atoms with E-state index >= 15 is 0 Å². The van der Waals surface area contributed by atoms with Gasteiger partial charge in [-0.05, 0) is 12.5 Å². The SMILES string of the molecule is CC[C@H](C(=O)O)n1ncc2ccccc21. The van der Waals surface area contributed by atoms with Crippen molar-refractivity contribution in [3.63, 3.8) is 0 Å². The Morgan fingerprint density at radius 2 is 2.27 bits per heavy atom. The van der Waals surface area contributed by atoms with Gasteiger partial charge in [-0.25, -0.2) is 4.79 Å². The molecule has 0 bridgehead atoms. The average molecular weight is 204 g/mol. The number of rotatable bonds is 3. The van der Waals surface area contributed by atoms with Gasteiger partial charge < -0.3 is 5.11 Å². The van der Waals surface area contributed by atoms with Gasteiger partial charge in [-0.1, -0.05) is 25.1 Å². The van der Waals surface area contributed by atoms with E-state index in [9.17, 15) is 4.79 Å². The van der Waals surface area contributed by atoms with E-state index in [-0.39, 0.29) is 0 Å². The van der Waals surface area contributed by atoms with Crippen LogP contribution in [0.15, 0.2) is 30.5 Å². The van der Waals surface area contributed by atoms with Gasteiger partial charge in [0, 0.05) is 5.39 Å². The third kappa shape index (κ3) is 1.58. The van der Waals surface area contributed by atoms with Gasteiger partial charge in [0.1, 0.15) is 6.04 Å². The fraction of sp³-hybridized carbons (Fsp3) is 0.273. The maximum absolute atomic E-state index is 11.0. The van der Waals surface area contributed by atoms with Crippen LogP contribution >= 0.6 is 0 Å². The van der Waals surface area contributed by atoms with E-state index in [1.165, 1.54) is 0 Å². The molecule has 1 N–H and O–H groups in total. The molecule has 0 saturated carbocycles. The highest BCUT2D eigenvalue weighted by atomic mass is 16.4. The van der Waals surface area contributed by atoms with Crippen molar-refractivity contribution in [2.24, 2.45) is 0 Å². The minimum atomic E-state index is -0.841. The van der Waals surface area contributed by atoms with Crippen molar-refractivity contribution in [3.05, 3.63) is 30.5 Å². The summed E-state index contributed by atoms with van der Waals surface area (Å²) in [7, 11) is 0. The second kappa shape index (κ2) is 3.73. The van der Waals surface area contributed by atoms with Crippen molar-refractivity contribution in [3.8, 4) is 0 Å². The number of carboxylic acids is 1. The zero-order valence-electron chi connectivity index (χ0n) is 8.42. The number of carbonyl (C=O) groups is 1. The van der Waals surface area contributed by atoms with E-state index in [4.69, 9.17) is 5.11 Å². The molecule has 2 rings (SSSR count). The Balaban J connectivity index is 2.55. The van der Waals surface area contributed by atoms with Gasteiger partial charge in [0.25, 0.3) is 0 Å². The molecule has 0 saturated heterocycles. The van der Waals surface area contributed by atoms with Crippen LogP contribution in [0.25, 0.3) is 10.9 Å². The zero-order chi connectivity index (χ0) is 10.8. The number of aliphatic carboxylic acids is 1. The van der Waals surface area contributed by atoms with Crippen LogP contribution in [0.1, 0.15) is 19.4 Å². The van der Waals surface area contributed by atoms with Crippen molar-refractivity contribution in [1.29, 1.82) is 0 Å². The fourth-order valence-electron chi connectivity index (χ4n) is 1.69. The van der Waals surface area contributed by atoms with E-state index < -0.39 is 12.0 Å². The van der Waals surface area contributed by atoms with Crippen LogP contribution in [0.4, 0.5) is 0 Å². The number of para-hydroxylation sites is 1. The monoisotopic (exact) mass is 204 g/mol. The molecule has 2 aromatic rings. The molecule has 1 aromatic heterocycles. The number of benzene rings is 1. The Kier molecular flexibility index (Phi) is 2.41. The molecule has 0 fully saturated rings. The largest absolute Gasteiger partial charge is 0.480 e. The maximum atomic E-state index is 11.0. The zero-order valence-corrected chi connectivity index (χ0v) is 8.42. The molecule has 0 aliphatic heterocycles. The smallest absolute Gasteiger partial charge is 0.328 e. The summed E-state index contributed by atoms with van der Waals surface area (Å²) in [6.45, 7) is 1.84. The second-order valence-corrected chi connectivity index (χ2v) is 3.41. The highest BCUT2D eigenvalue weighted by Crippen LogP contribution is 2.19. The normalized spacial score (nSPS) is 12.9. The van der Waals surface area contributed by atoms with Crippen LogP contribution in [-0.4, -0.2) is 20.9 Å². The van der Waals surface area contributed by atoms with Crippen molar-refractivity contribution in [1.82, 2.24) is 9.78 Å². The first-order valence-electron chi connectivity index (χ1n) is 4.89. The lowest BCUT2D eigenvalue weighted by molar-refractivity contribution is -0.141. The predicted octanol–water partition coefficient (Wildman–Crippen LogP) is 2.07. The topological polar surface area (TPSA) is 55.1 Å². The molecule has 1 heterocycles.